The number of rotatable bonds is 10. The second-order valence-electron chi connectivity index (χ2n) is 4.98. The van der Waals surface area contributed by atoms with Crippen molar-refractivity contribution in [1.29, 1.82) is 0 Å². The normalized spacial score (nSPS) is 11.2. The van der Waals surface area contributed by atoms with Gasteiger partial charge < -0.3 is 0 Å². The molecule has 1 N–H and O–H groups in total. The molecule has 0 amide bonds. The number of hydrogen-bond donors (Lipinski definition) is 1. The highest BCUT2D eigenvalue weighted by Gasteiger charge is 2.18. The lowest BCUT2D eigenvalue weighted by Crippen LogP contribution is -2.10. The van der Waals surface area contributed by atoms with Crippen LogP contribution >= 0.6 is 0 Å². The minimum atomic E-state index is -4.43. The summed E-state index contributed by atoms with van der Waals surface area (Å²) in [6, 6.07) is 5.38. The second kappa shape index (κ2) is 9.42. The molecule has 0 aliphatic rings. The van der Waals surface area contributed by atoms with Gasteiger partial charge in [-0.3, -0.25) is 14.3 Å². The third-order valence-electron chi connectivity index (χ3n) is 3.09. The van der Waals surface area contributed by atoms with Gasteiger partial charge in [-0.05, 0) is 18.6 Å². The van der Waals surface area contributed by atoms with Gasteiger partial charge in [-0.2, -0.15) is 8.42 Å². The summed E-state index contributed by atoms with van der Waals surface area (Å²) >= 11 is 0. The lowest BCUT2D eigenvalue weighted by molar-refractivity contribution is -0.214. The van der Waals surface area contributed by atoms with E-state index in [4.69, 9.17) is 9.44 Å². The van der Waals surface area contributed by atoms with Gasteiger partial charge in [0.1, 0.15) is 4.90 Å². The van der Waals surface area contributed by atoms with Gasteiger partial charge in [0.2, 0.25) is 0 Å². The topological polar surface area (TPSA) is 89.9 Å². The molecular weight excluding hydrogens is 308 g/mol. The molecule has 22 heavy (non-hydrogen) atoms. The monoisotopic (exact) mass is 330 g/mol. The van der Waals surface area contributed by atoms with E-state index in [0.717, 1.165) is 25.3 Å². The smallest absolute Gasteiger partial charge is 0.285 e. The first-order valence-corrected chi connectivity index (χ1v) is 8.83. The summed E-state index contributed by atoms with van der Waals surface area (Å²) in [5.74, 6) is -0.790. The summed E-state index contributed by atoms with van der Waals surface area (Å²) in [5.41, 5.74) is 0. The Morgan fingerprint density at radius 2 is 1.73 bits per heavy atom. The summed E-state index contributed by atoms with van der Waals surface area (Å²) < 4.78 is 31.3. The van der Waals surface area contributed by atoms with E-state index in [0.29, 0.717) is 6.42 Å². The molecule has 0 saturated carbocycles. The second-order valence-corrected chi connectivity index (χ2v) is 6.37. The number of unbranched alkanes of at least 4 members (excludes halogenated alkanes) is 5. The van der Waals surface area contributed by atoms with Crippen LogP contribution in [0.2, 0.25) is 0 Å². The van der Waals surface area contributed by atoms with Crippen molar-refractivity contribution in [2.24, 2.45) is 0 Å². The molecule has 1 rings (SSSR count). The fraction of sp³-hybridized carbons (Fsp3) is 0.533. The van der Waals surface area contributed by atoms with Crippen LogP contribution in [0.25, 0.3) is 0 Å². The van der Waals surface area contributed by atoms with E-state index < -0.39 is 21.0 Å². The molecule has 0 unspecified atom stereocenters. The van der Waals surface area contributed by atoms with Crippen molar-refractivity contribution in [2.45, 2.75) is 56.8 Å². The quantitative estimate of drug-likeness (QED) is 0.305. The van der Waals surface area contributed by atoms with E-state index >= 15 is 0 Å². The third kappa shape index (κ3) is 6.91. The van der Waals surface area contributed by atoms with Crippen LogP contribution in [-0.2, 0) is 19.8 Å². The van der Waals surface area contributed by atoms with Gasteiger partial charge in [0, 0.05) is 0 Å². The molecule has 1 aromatic rings. The molecular formula is C15H22O6S. The fourth-order valence-electron chi connectivity index (χ4n) is 1.91. The maximum atomic E-state index is 11.5. The summed E-state index contributed by atoms with van der Waals surface area (Å²) in [6.45, 7) is 2.14. The Labute approximate surface area is 131 Å². The molecule has 0 aliphatic heterocycles. The number of carbonyl (C=O) groups is 1. The summed E-state index contributed by atoms with van der Waals surface area (Å²) in [4.78, 5) is 20.4. The van der Waals surface area contributed by atoms with E-state index in [-0.39, 0.29) is 12.2 Å². The van der Waals surface area contributed by atoms with E-state index in [1.807, 2.05) is 0 Å². The van der Waals surface area contributed by atoms with Crippen molar-refractivity contribution in [2.75, 3.05) is 0 Å². The maximum Gasteiger partial charge on any atom is 0.355 e. The Bertz CT molecular complexity index is 567. The fourth-order valence-corrected chi connectivity index (χ4v) is 2.52. The Hall–Kier alpha value is -1.60. The van der Waals surface area contributed by atoms with Gasteiger partial charge in [0.15, 0.2) is 5.75 Å². The van der Waals surface area contributed by atoms with Crippen LogP contribution in [-0.4, -0.2) is 18.9 Å². The predicted octanol–water partition coefficient (Wildman–Crippen LogP) is 3.52. The van der Waals surface area contributed by atoms with Gasteiger partial charge >= 0.3 is 5.97 Å². The molecule has 0 atom stereocenters. The van der Waals surface area contributed by atoms with Crippen LogP contribution in [0.15, 0.2) is 29.2 Å². The van der Waals surface area contributed by atoms with Crippen molar-refractivity contribution < 1.29 is 27.5 Å². The van der Waals surface area contributed by atoms with Gasteiger partial charge in [0.05, 0.1) is 6.42 Å². The Kier molecular flexibility index (Phi) is 7.90. The highest BCUT2D eigenvalue weighted by molar-refractivity contribution is 7.86. The van der Waals surface area contributed by atoms with Crippen molar-refractivity contribution in [3.8, 4) is 5.75 Å². The zero-order chi connectivity index (χ0) is 16.4. The van der Waals surface area contributed by atoms with Crippen LogP contribution in [0.1, 0.15) is 51.9 Å². The average molecular weight is 330 g/mol. The first-order valence-electron chi connectivity index (χ1n) is 7.39. The number of hydrogen-bond acceptors (Lipinski definition) is 5. The predicted molar refractivity (Wildman–Crippen MR) is 81.0 cm³/mol. The molecule has 0 fully saturated rings. The number of para-hydroxylation sites is 1. The molecule has 0 spiro atoms. The zero-order valence-corrected chi connectivity index (χ0v) is 13.5. The SMILES string of the molecule is CCCCCCCCC(=O)OOc1ccccc1S(=O)(=O)O. The maximum absolute atomic E-state index is 11.5. The van der Waals surface area contributed by atoms with Crippen LogP contribution in [0.3, 0.4) is 0 Å². The van der Waals surface area contributed by atoms with Gasteiger partial charge in [-0.1, -0.05) is 51.2 Å². The van der Waals surface area contributed by atoms with Crippen LogP contribution in [0.4, 0.5) is 0 Å². The molecule has 0 aromatic heterocycles. The zero-order valence-electron chi connectivity index (χ0n) is 12.7. The average Bonchev–Trinajstić information content (AvgIpc) is 2.48. The highest BCUT2D eigenvalue weighted by atomic mass is 32.2. The lowest BCUT2D eigenvalue weighted by Gasteiger charge is -2.07. The van der Waals surface area contributed by atoms with Gasteiger partial charge in [0.25, 0.3) is 10.1 Å². The standard InChI is InChI=1S/C15H22O6S/c1-2-3-4-5-6-7-12-15(16)21-20-13-10-8-9-11-14(13)22(17,18)19/h8-11H,2-7,12H2,1H3,(H,17,18,19). The van der Waals surface area contributed by atoms with Crippen molar-refractivity contribution in [3.63, 3.8) is 0 Å². The molecule has 0 bridgehead atoms. The Balaban J connectivity index is 2.36. The van der Waals surface area contributed by atoms with Crippen LogP contribution in [0, 0.1) is 0 Å². The van der Waals surface area contributed by atoms with Gasteiger partial charge in [-0.25, -0.2) is 4.79 Å². The Morgan fingerprint density at radius 1 is 1.09 bits per heavy atom. The number of benzene rings is 1. The molecule has 7 heteroatoms. The van der Waals surface area contributed by atoms with Crippen molar-refractivity contribution in [1.82, 2.24) is 0 Å². The minimum Gasteiger partial charge on any atom is -0.285 e. The van der Waals surface area contributed by atoms with E-state index in [1.54, 1.807) is 0 Å². The highest BCUT2D eigenvalue weighted by Crippen LogP contribution is 2.23. The molecule has 0 aliphatic carbocycles. The molecule has 0 saturated heterocycles. The van der Waals surface area contributed by atoms with E-state index in [2.05, 4.69) is 11.8 Å². The molecule has 0 radical (unpaired) electrons. The first-order chi connectivity index (χ1) is 10.4. The van der Waals surface area contributed by atoms with Crippen LogP contribution < -0.4 is 4.89 Å². The summed E-state index contributed by atoms with van der Waals surface area (Å²) in [6.07, 6.45) is 6.45. The first kappa shape index (κ1) is 18.4. The largest absolute Gasteiger partial charge is 0.355 e. The summed E-state index contributed by atoms with van der Waals surface area (Å²) in [5, 5.41) is 0. The van der Waals surface area contributed by atoms with Crippen molar-refractivity contribution >= 4 is 16.1 Å². The third-order valence-corrected chi connectivity index (χ3v) is 3.98. The molecule has 124 valence electrons. The Morgan fingerprint density at radius 3 is 2.41 bits per heavy atom. The van der Waals surface area contributed by atoms with Gasteiger partial charge in [-0.15, -0.1) is 0 Å². The lowest BCUT2D eigenvalue weighted by atomic mass is 10.1. The summed E-state index contributed by atoms with van der Waals surface area (Å²) in [7, 11) is -4.43. The number of carbonyl (C=O) groups excluding carboxylic acids is 1. The minimum absolute atomic E-state index is 0.208. The van der Waals surface area contributed by atoms with E-state index in [9.17, 15) is 13.2 Å². The molecule has 1 aromatic carbocycles. The van der Waals surface area contributed by atoms with Crippen LogP contribution in [0.5, 0.6) is 5.75 Å². The molecule has 6 nitrogen and oxygen atoms in total. The molecule has 0 heterocycles. The van der Waals surface area contributed by atoms with Crippen molar-refractivity contribution in [3.05, 3.63) is 24.3 Å². The van der Waals surface area contributed by atoms with E-state index in [1.165, 1.54) is 31.0 Å².